The number of aliphatic hydroxyl groups excluding tert-OH is 1. The topological polar surface area (TPSA) is 20.2 Å². The number of aliphatic hydroxyl groups is 1. The molecular formula is C15H24O. The van der Waals surface area contributed by atoms with Crippen molar-refractivity contribution in [1.29, 1.82) is 0 Å². The van der Waals surface area contributed by atoms with E-state index in [0.29, 0.717) is 17.3 Å². The number of hydrogen-bond acceptors (Lipinski definition) is 1. The van der Waals surface area contributed by atoms with Crippen molar-refractivity contribution in [2.45, 2.75) is 46.0 Å². The minimum Gasteiger partial charge on any atom is -0.396 e. The van der Waals surface area contributed by atoms with Gasteiger partial charge in [0, 0.05) is 12.5 Å². The molecule has 90 valence electrons. The number of hydrogen-bond donors (Lipinski definition) is 1. The highest BCUT2D eigenvalue weighted by Gasteiger charge is 2.40. The average Bonchev–Trinajstić information content (AvgIpc) is 2.27. The van der Waals surface area contributed by atoms with Crippen LogP contribution in [0.25, 0.3) is 0 Å². The second-order valence-corrected chi connectivity index (χ2v) is 5.99. The van der Waals surface area contributed by atoms with Crippen LogP contribution in [0.3, 0.4) is 0 Å². The first kappa shape index (κ1) is 11.9. The molecule has 1 fully saturated rings. The van der Waals surface area contributed by atoms with Gasteiger partial charge in [0.05, 0.1) is 0 Å². The van der Waals surface area contributed by atoms with Gasteiger partial charge in [0.2, 0.25) is 0 Å². The molecule has 2 aliphatic carbocycles. The fraction of sp³-hybridized carbons (Fsp3) is 0.733. The second-order valence-electron chi connectivity index (χ2n) is 5.99. The van der Waals surface area contributed by atoms with Crippen molar-refractivity contribution in [3.8, 4) is 0 Å². The first-order valence-electron chi connectivity index (χ1n) is 6.54. The predicted octanol–water partition coefficient (Wildman–Crippen LogP) is 3.70. The van der Waals surface area contributed by atoms with E-state index in [2.05, 4.69) is 26.5 Å². The number of allylic oxidation sites excluding steroid dienone is 2. The van der Waals surface area contributed by atoms with Gasteiger partial charge in [-0.15, -0.1) is 0 Å². The summed E-state index contributed by atoms with van der Waals surface area (Å²) in [6, 6.07) is 0. The van der Waals surface area contributed by atoms with Crippen LogP contribution < -0.4 is 0 Å². The van der Waals surface area contributed by atoms with Crippen molar-refractivity contribution in [3.63, 3.8) is 0 Å². The highest BCUT2D eigenvalue weighted by molar-refractivity contribution is 5.22. The Labute approximate surface area is 99.3 Å². The highest BCUT2D eigenvalue weighted by atomic mass is 16.3. The molecule has 0 heterocycles. The van der Waals surface area contributed by atoms with Crippen molar-refractivity contribution in [1.82, 2.24) is 0 Å². The fourth-order valence-electron chi connectivity index (χ4n) is 3.40. The van der Waals surface area contributed by atoms with Crippen molar-refractivity contribution in [3.05, 3.63) is 23.8 Å². The van der Waals surface area contributed by atoms with Crippen LogP contribution in [0, 0.1) is 17.3 Å². The zero-order chi connectivity index (χ0) is 11.8. The Morgan fingerprint density at radius 3 is 3.06 bits per heavy atom. The molecule has 0 bridgehead atoms. The fourth-order valence-corrected chi connectivity index (χ4v) is 3.40. The van der Waals surface area contributed by atoms with Gasteiger partial charge in [0.1, 0.15) is 0 Å². The molecular weight excluding hydrogens is 196 g/mol. The van der Waals surface area contributed by atoms with E-state index in [1.54, 1.807) is 0 Å². The first-order chi connectivity index (χ1) is 7.57. The molecule has 0 aromatic heterocycles. The zero-order valence-corrected chi connectivity index (χ0v) is 10.6. The molecule has 1 N–H and O–H groups in total. The molecule has 0 amide bonds. The Morgan fingerprint density at radius 1 is 1.62 bits per heavy atom. The molecule has 0 aromatic carbocycles. The van der Waals surface area contributed by atoms with Crippen LogP contribution in [0.2, 0.25) is 0 Å². The minimum absolute atomic E-state index is 0.280. The lowest BCUT2D eigenvalue weighted by Crippen LogP contribution is -2.35. The Hall–Kier alpha value is -0.560. The SMILES string of the molecule is C=C1CCC[C@@]2(C)CC=C([C@@H](C)CO)C[C@H]12. The third-order valence-corrected chi connectivity index (χ3v) is 4.76. The van der Waals surface area contributed by atoms with Gasteiger partial charge in [-0.2, -0.15) is 0 Å². The molecule has 0 unspecified atom stereocenters. The normalized spacial score (nSPS) is 36.6. The van der Waals surface area contributed by atoms with Gasteiger partial charge in [0.15, 0.2) is 0 Å². The predicted molar refractivity (Wildman–Crippen MR) is 68.2 cm³/mol. The summed E-state index contributed by atoms with van der Waals surface area (Å²) in [4.78, 5) is 0. The smallest absolute Gasteiger partial charge is 0.0493 e. The van der Waals surface area contributed by atoms with Gasteiger partial charge in [-0.3, -0.25) is 0 Å². The largest absolute Gasteiger partial charge is 0.396 e. The standard InChI is InChI=1S/C15H24O/c1-11-5-4-7-15(3)8-6-13(9-14(11)15)12(2)10-16/h6,12,14,16H,1,4-5,7-10H2,2-3H3/t12-,14+,15-/m0/s1. The Morgan fingerprint density at radius 2 is 2.38 bits per heavy atom. The molecule has 1 heteroatoms. The first-order valence-corrected chi connectivity index (χ1v) is 6.54. The van der Waals surface area contributed by atoms with Crippen molar-refractivity contribution in [2.75, 3.05) is 6.61 Å². The molecule has 1 saturated carbocycles. The second kappa shape index (κ2) is 4.37. The van der Waals surface area contributed by atoms with Crippen LogP contribution >= 0.6 is 0 Å². The van der Waals surface area contributed by atoms with E-state index in [-0.39, 0.29) is 6.61 Å². The lowest BCUT2D eigenvalue weighted by Gasteiger charge is -2.46. The van der Waals surface area contributed by atoms with Crippen LogP contribution in [0.4, 0.5) is 0 Å². The molecule has 0 spiro atoms. The van der Waals surface area contributed by atoms with Gasteiger partial charge in [-0.1, -0.05) is 37.6 Å². The molecule has 1 nitrogen and oxygen atoms in total. The van der Waals surface area contributed by atoms with E-state index in [1.165, 1.54) is 36.8 Å². The lowest BCUT2D eigenvalue weighted by molar-refractivity contribution is 0.147. The van der Waals surface area contributed by atoms with Gasteiger partial charge in [-0.25, -0.2) is 0 Å². The third-order valence-electron chi connectivity index (χ3n) is 4.76. The number of fused-ring (bicyclic) bond motifs is 1. The third kappa shape index (κ3) is 1.98. The van der Waals surface area contributed by atoms with E-state index in [9.17, 15) is 5.11 Å². The summed E-state index contributed by atoms with van der Waals surface area (Å²) in [5, 5.41) is 9.25. The summed E-state index contributed by atoms with van der Waals surface area (Å²) in [5.74, 6) is 0.995. The quantitative estimate of drug-likeness (QED) is 0.704. The van der Waals surface area contributed by atoms with Crippen LogP contribution in [0.1, 0.15) is 46.0 Å². The summed E-state index contributed by atoms with van der Waals surface area (Å²) < 4.78 is 0. The van der Waals surface area contributed by atoms with Gasteiger partial charge in [-0.05, 0) is 43.4 Å². The number of rotatable bonds is 2. The molecule has 0 radical (unpaired) electrons. The van der Waals surface area contributed by atoms with Crippen molar-refractivity contribution < 1.29 is 5.11 Å². The van der Waals surface area contributed by atoms with E-state index in [0.717, 1.165) is 6.42 Å². The molecule has 0 aromatic rings. The van der Waals surface area contributed by atoms with Crippen molar-refractivity contribution >= 4 is 0 Å². The zero-order valence-electron chi connectivity index (χ0n) is 10.6. The lowest BCUT2D eigenvalue weighted by atomic mass is 9.59. The molecule has 3 atom stereocenters. The van der Waals surface area contributed by atoms with E-state index < -0.39 is 0 Å². The maximum atomic E-state index is 9.25. The summed E-state index contributed by atoms with van der Waals surface area (Å²) in [5.41, 5.74) is 3.35. The highest BCUT2D eigenvalue weighted by Crippen LogP contribution is 2.52. The van der Waals surface area contributed by atoms with E-state index in [4.69, 9.17) is 0 Å². The van der Waals surface area contributed by atoms with Gasteiger partial charge in [0.25, 0.3) is 0 Å². The summed E-state index contributed by atoms with van der Waals surface area (Å²) in [6.07, 6.45) is 8.56. The van der Waals surface area contributed by atoms with Crippen molar-refractivity contribution in [2.24, 2.45) is 17.3 Å². The Bertz CT molecular complexity index is 315. The molecule has 0 aliphatic heterocycles. The minimum atomic E-state index is 0.280. The molecule has 0 saturated heterocycles. The maximum Gasteiger partial charge on any atom is 0.0493 e. The van der Waals surface area contributed by atoms with Crippen LogP contribution in [0.5, 0.6) is 0 Å². The van der Waals surface area contributed by atoms with Crippen LogP contribution in [0.15, 0.2) is 23.8 Å². The Kier molecular flexibility index (Phi) is 3.25. The average molecular weight is 220 g/mol. The van der Waals surface area contributed by atoms with E-state index >= 15 is 0 Å². The summed E-state index contributed by atoms with van der Waals surface area (Å²) in [6.45, 7) is 9.09. The van der Waals surface area contributed by atoms with Crippen LogP contribution in [-0.4, -0.2) is 11.7 Å². The van der Waals surface area contributed by atoms with Gasteiger partial charge < -0.3 is 5.11 Å². The molecule has 2 aliphatic rings. The molecule has 2 rings (SSSR count). The van der Waals surface area contributed by atoms with E-state index in [1.807, 2.05) is 0 Å². The monoisotopic (exact) mass is 220 g/mol. The molecule has 16 heavy (non-hydrogen) atoms. The maximum absolute atomic E-state index is 9.25. The summed E-state index contributed by atoms with van der Waals surface area (Å²) >= 11 is 0. The van der Waals surface area contributed by atoms with Gasteiger partial charge >= 0.3 is 0 Å². The van der Waals surface area contributed by atoms with Crippen LogP contribution in [-0.2, 0) is 0 Å². The summed E-state index contributed by atoms with van der Waals surface area (Å²) in [7, 11) is 0. The Balaban J connectivity index is 2.19.